The van der Waals surface area contributed by atoms with E-state index in [1.54, 1.807) is 29.7 Å². The van der Waals surface area contributed by atoms with Crippen LogP contribution in [0.25, 0.3) is 32.9 Å². The molecule has 3 aromatic heterocycles. The second-order valence-electron chi connectivity index (χ2n) is 7.03. The zero-order chi connectivity index (χ0) is 19.3. The van der Waals surface area contributed by atoms with Crippen molar-refractivity contribution in [2.75, 3.05) is 11.9 Å². The number of anilines is 1. The van der Waals surface area contributed by atoms with Crippen molar-refractivity contribution in [2.24, 2.45) is 0 Å². The Labute approximate surface area is 165 Å². The van der Waals surface area contributed by atoms with Gasteiger partial charge in [-0.25, -0.2) is 24.3 Å². The predicted octanol–water partition coefficient (Wildman–Crippen LogP) is 4.86. The van der Waals surface area contributed by atoms with Crippen molar-refractivity contribution in [3.63, 3.8) is 0 Å². The van der Waals surface area contributed by atoms with E-state index >= 15 is 0 Å². The number of hydrogen-bond acceptors (Lipinski definition) is 6. The van der Waals surface area contributed by atoms with Crippen LogP contribution < -0.4 is 4.90 Å². The summed E-state index contributed by atoms with van der Waals surface area (Å²) in [4.78, 5) is 21.7. The number of pyridine rings is 1. The number of aryl methyl sites for hydroxylation is 1. The molecule has 7 heteroatoms. The van der Waals surface area contributed by atoms with E-state index in [2.05, 4.69) is 14.9 Å². The zero-order valence-corrected chi connectivity index (χ0v) is 16.4. The number of fused-ring (bicyclic) bond motifs is 1. The summed E-state index contributed by atoms with van der Waals surface area (Å²) < 4.78 is 13.5. The Balaban J connectivity index is 1.70. The molecule has 0 spiro atoms. The Bertz CT molecular complexity index is 1170. The number of benzene rings is 1. The molecule has 0 atom stereocenters. The van der Waals surface area contributed by atoms with Crippen LogP contribution in [0.3, 0.4) is 0 Å². The maximum Gasteiger partial charge on any atom is 0.225 e. The summed E-state index contributed by atoms with van der Waals surface area (Å²) in [5.41, 5.74) is 4.13. The standard InChI is InChI=1S/C21H18FN5S/c1-12-24-18-11-16(17-9-10-23-21(25-17)27(2)15-7-8-15)19(26-20(18)28-12)13-3-5-14(22)6-4-13/h3-6,9-11,15H,7-8H2,1-2H3. The van der Waals surface area contributed by atoms with Crippen LogP contribution in [0, 0.1) is 12.7 Å². The monoisotopic (exact) mass is 391 g/mol. The van der Waals surface area contributed by atoms with Crippen LogP contribution in [0.15, 0.2) is 42.6 Å². The maximum absolute atomic E-state index is 13.5. The van der Waals surface area contributed by atoms with Gasteiger partial charge in [0.2, 0.25) is 5.95 Å². The van der Waals surface area contributed by atoms with Crippen LogP contribution in [-0.4, -0.2) is 33.0 Å². The highest BCUT2D eigenvalue weighted by atomic mass is 32.1. The molecule has 0 radical (unpaired) electrons. The molecule has 0 N–H and O–H groups in total. The van der Waals surface area contributed by atoms with Crippen molar-refractivity contribution in [1.29, 1.82) is 0 Å². The van der Waals surface area contributed by atoms with E-state index in [0.717, 1.165) is 37.9 Å². The Hall–Kier alpha value is -2.93. The Morgan fingerprint density at radius 3 is 2.61 bits per heavy atom. The largest absolute Gasteiger partial charge is 0.341 e. The zero-order valence-electron chi connectivity index (χ0n) is 15.6. The number of rotatable bonds is 4. The first-order valence-corrected chi connectivity index (χ1v) is 10.0. The van der Waals surface area contributed by atoms with Crippen molar-refractivity contribution in [2.45, 2.75) is 25.8 Å². The van der Waals surface area contributed by atoms with Crippen molar-refractivity contribution in [3.05, 3.63) is 53.4 Å². The molecule has 28 heavy (non-hydrogen) atoms. The van der Waals surface area contributed by atoms with E-state index in [9.17, 15) is 4.39 Å². The van der Waals surface area contributed by atoms with Crippen LogP contribution in [0.4, 0.5) is 10.3 Å². The summed E-state index contributed by atoms with van der Waals surface area (Å²) in [7, 11) is 2.03. The maximum atomic E-state index is 13.5. The van der Waals surface area contributed by atoms with Gasteiger partial charge in [0.05, 0.1) is 16.4 Å². The highest BCUT2D eigenvalue weighted by Crippen LogP contribution is 2.35. The minimum Gasteiger partial charge on any atom is -0.341 e. The Morgan fingerprint density at radius 1 is 1.07 bits per heavy atom. The number of halogens is 1. The van der Waals surface area contributed by atoms with Crippen molar-refractivity contribution in [1.82, 2.24) is 19.9 Å². The van der Waals surface area contributed by atoms with Gasteiger partial charge in [-0.15, -0.1) is 0 Å². The molecule has 3 heterocycles. The second kappa shape index (κ2) is 6.60. The minimum absolute atomic E-state index is 0.268. The molecule has 0 bridgehead atoms. The summed E-state index contributed by atoms with van der Waals surface area (Å²) >= 11 is 1.55. The first-order valence-electron chi connectivity index (χ1n) is 9.19. The SMILES string of the molecule is Cc1nc2cc(-c3ccnc(N(C)C4CC4)n3)c(-c3ccc(F)cc3)nc2s1. The van der Waals surface area contributed by atoms with E-state index in [-0.39, 0.29) is 5.82 Å². The van der Waals surface area contributed by atoms with Crippen LogP contribution >= 0.6 is 11.3 Å². The van der Waals surface area contributed by atoms with Gasteiger partial charge in [-0.05, 0) is 56.2 Å². The normalized spacial score (nSPS) is 13.8. The molecule has 0 aliphatic heterocycles. The van der Waals surface area contributed by atoms with Crippen LogP contribution in [0.2, 0.25) is 0 Å². The van der Waals surface area contributed by atoms with Crippen LogP contribution in [0.5, 0.6) is 0 Å². The minimum atomic E-state index is -0.268. The van der Waals surface area contributed by atoms with Gasteiger partial charge < -0.3 is 4.90 Å². The molecule has 1 aromatic carbocycles. The van der Waals surface area contributed by atoms with Gasteiger partial charge >= 0.3 is 0 Å². The summed E-state index contributed by atoms with van der Waals surface area (Å²) in [5, 5.41) is 0.960. The molecule has 5 rings (SSSR count). The lowest BCUT2D eigenvalue weighted by Gasteiger charge is -2.17. The van der Waals surface area contributed by atoms with Gasteiger partial charge in [-0.1, -0.05) is 11.3 Å². The highest BCUT2D eigenvalue weighted by molar-refractivity contribution is 7.18. The predicted molar refractivity (Wildman–Crippen MR) is 110 cm³/mol. The molecule has 1 fully saturated rings. The molecule has 5 nitrogen and oxygen atoms in total. The Morgan fingerprint density at radius 2 is 1.86 bits per heavy atom. The second-order valence-corrected chi connectivity index (χ2v) is 8.21. The molecule has 1 aliphatic rings. The first kappa shape index (κ1) is 17.2. The molecule has 0 unspecified atom stereocenters. The topological polar surface area (TPSA) is 54.8 Å². The average molecular weight is 391 g/mol. The van der Waals surface area contributed by atoms with Crippen molar-refractivity contribution < 1.29 is 4.39 Å². The van der Waals surface area contributed by atoms with E-state index in [0.29, 0.717) is 12.0 Å². The fourth-order valence-electron chi connectivity index (χ4n) is 3.29. The highest BCUT2D eigenvalue weighted by Gasteiger charge is 2.28. The number of nitrogens with zero attached hydrogens (tertiary/aromatic N) is 5. The van der Waals surface area contributed by atoms with Gasteiger partial charge in [-0.2, -0.15) is 0 Å². The fraction of sp³-hybridized carbons (Fsp3) is 0.238. The van der Waals surface area contributed by atoms with Gasteiger partial charge in [0.15, 0.2) is 0 Å². The quantitative estimate of drug-likeness (QED) is 0.497. The summed E-state index contributed by atoms with van der Waals surface area (Å²) in [6, 6.07) is 10.8. The molecule has 140 valence electrons. The molecule has 0 saturated heterocycles. The molecule has 1 saturated carbocycles. The van der Waals surface area contributed by atoms with Crippen LogP contribution in [0.1, 0.15) is 17.8 Å². The molecular formula is C21H18FN5S. The van der Waals surface area contributed by atoms with Crippen molar-refractivity contribution >= 4 is 27.6 Å². The third-order valence-electron chi connectivity index (χ3n) is 4.94. The molecule has 1 aliphatic carbocycles. The van der Waals surface area contributed by atoms with Gasteiger partial charge in [0.25, 0.3) is 0 Å². The molecule has 4 aromatic rings. The average Bonchev–Trinajstić information content (AvgIpc) is 3.48. The summed E-state index contributed by atoms with van der Waals surface area (Å²) in [6.45, 7) is 1.97. The molecule has 0 amide bonds. The van der Waals surface area contributed by atoms with E-state index in [1.807, 2.05) is 26.1 Å². The fourth-order valence-corrected chi connectivity index (χ4v) is 4.06. The lowest BCUT2D eigenvalue weighted by atomic mass is 10.0. The van der Waals surface area contributed by atoms with Gasteiger partial charge in [0.1, 0.15) is 16.2 Å². The number of hydrogen-bond donors (Lipinski definition) is 0. The Kier molecular flexibility index (Phi) is 4.05. The van der Waals surface area contributed by atoms with E-state index in [1.165, 1.54) is 25.0 Å². The summed E-state index contributed by atoms with van der Waals surface area (Å²) in [5.74, 6) is 0.440. The van der Waals surface area contributed by atoms with Crippen LogP contribution in [-0.2, 0) is 0 Å². The number of thiazole rings is 1. The van der Waals surface area contributed by atoms with E-state index in [4.69, 9.17) is 9.97 Å². The third-order valence-corrected chi connectivity index (χ3v) is 5.82. The lowest BCUT2D eigenvalue weighted by Crippen LogP contribution is -2.21. The third kappa shape index (κ3) is 3.11. The van der Waals surface area contributed by atoms with Gasteiger partial charge in [-0.3, -0.25) is 0 Å². The lowest BCUT2D eigenvalue weighted by molar-refractivity contribution is 0.628. The number of aromatic nitrogens is 4. The van der Waals surface area contributed by atoms with E-state index < -0.39 is 0 Å². The summed E-state index contributed by atoms with van der Waals surface area (Å²) in [6.07, 6.45) is 4.13. The molecular weight excluding hydrogens is 373 g/mol. The van der Waals surface area contributed by atoms with Crippen molar-refractivity contribution in [3.8, 4) is 22.5 Å². The first-order chi connectivity index (χ1) is 13.6. The smallest absolute Gasteiger partial charge is 0.225 e. The van der Waals surface area contributed by atoms with Gasteiger partial charge in [0, 0.05) is 30.4 Å².